The van der Waals surface area contributed by atoms with E-state index in [1.807, 2.05) is 95.3 Å². The molecule has 0 spiro atoms. The molecule has 4 rings (SSSR count). The van der Waals surface area contributed by atoms with E-state index in [-0.39, 0.29) is 29.7 Å². The van der Waals surface area contributed by atoms with Crippen molar-refractivity contribution in [1.29, 1.82) is 0 Å². The number of benzene rings is 4. The van der Waals surface area contributed by atoms with Crippen molar-refractivity contribution in [3.63, 3.8) is 0 Å². The lowest BCUT2D eigenvalue weighted by molar-refractivity contribution is -0.140. The second-order valence-electron chi connectivity index (χ2n) is 12.3. The van der Waals surface area contributed by atoms with Gasteiger partial charge in [0.05, 0.1) is 17.7 Å². The lowest BCUT2D eigenvalue weighted by Crippen LogP contribution is -2.53. The summed E-state index contributed by atoms with van der Waals surface area (Å²) < 4.78 is 35.1. The summed E-state index contributed by atoms with van der Waals surface area (Å²) in [5.74, 6) is -0.0171. The molecule has 8 nitrogen and oxygen atoms in total. The van der Waals surface area contributed by atoms with Gasteiger partial charge in [-0.1, -0.05) is 80.1 Å². The van der Waals surface area contributed by atoms with E-state index in [0.29, 0.717) is 18.0 Å². The minimum absolute atomic E-state index is 0.0635. The number of rotatable bonds is 14. The van der Waals surface area contributed by atoms with Crippen molar-refractivity contribution in [2.45, 2.75) is 58.5 Å². The minimum atomic E-state index is -4.17. The fraction of sp³-hybridized carbons (Fsp3) is 0.316. The number of nitrogens with zero attached hydrogens (tertiary/aromatic N) is 2. The molecule has 4 aromatic carbocycles. The Hall–Kier alpha value is -4.63. The third kappa shape index (κ3) is 9.23. The third-order valence-corrected chi connectivity index (χ3v) is 9.90. The van der Waals surface area contributed by atoms with Gasteiger partial charge in [-0.2, -0.15) is 0 Å². The van der Waals surface area contributed by atoms with Crippen molar-refractivity contribution in [3.8, 4) is 5.75 Å². The molecular weight excluding hydrogens is 611 g/mol. The molecule has 0 saturated heterocycles. The van der Waals surface area contributed by atoms with E-state index >= 15 is 0 Å². The van der Waals surface area contributed by atoms with E-state index in [0.717, 1.165) is 32.1 Å². The Morgan fingerprint density at radius 1 is 0.809 bits per heavy atom. The molecule has 0 aliphatic rings. The average molecular weight is 656 g/mol. The molecule has 0 unspecified atom stereocenters. The van der Waals surface area contributed by atoms with Crippen LogP contribution in [0, 0.1) is 26.7 Å². The van der Waals surface area contributed by atoms with Gasteiger partial charge in [0.15, 0.2) is 0 Å². The molecule has 0 aliphatic carbocycles. The lowest BCUT2D eigenvalue weighted by atomic mass is 10.0. The number of carbonyl (C=O) groups is 2. The summed E-state index contributed by atoms with van der Waals surface area (Å²) >= 11 is 0. The van der Waals surface area contributed by atoms with Crippen LogP contribution in [0.15, 0.2) is 102 Å². The van der Waals surface area contributed by atoms with Crippen LogP contribution >= 0.6 is 0 Å². The summed E-state index contributed by atoms with van der Waals surface area (Å²) in [5.41, 5.74) is 4.79. The molecule has 0 radical (unpaired) electrons. The highest BCUT2D eigenvalue weighted by molar-refractivity contribution is 7.92. The molecule has 248 valence electrons. The quantitative estimate of drug-likeness (QED) is 0.174. The summed E-state index contributed by atoms with van der Waals surface area (Å²) in [7, 11) is -2.61. The zero-order chi connectivity index (χ0) is 34.1. The standard InChI is InChI=1S/C38H45N3O5S/c1-27(2)24-39-38(43)36(23-31-11-8-7-9-12-31)40(25-32-13-10-14-34(22-32)46-6)37(42)26-41(33-18-17-29(4)30(5)21-33)47(44,45)35-19-15-28(3)16-20-35/h7-22,27,36H,23-26H2,1-6H3,(H,39,43)/t36-/m0/s1. The molecule has 0 bridgehead atoms. The number of sulfonamides is 1. The smallest absolute Gasteiger partial charge is 0.264 e. The molecule has 9 heteroatoms. The van der Waals surface area contributed by atoms with Gasteiger partial charge in [0.1, 0.15) is 18.3 Å². The second-order valence-corrected chi connectivity index (χ2v) is 14.2. The van der Waals surface area contributed by atoms with Crippen molar-refractivity contribution in [3.05, 3.63) is 125 Å². The van der Waals surface area contributed by atoms with Gasteiger partial charge in [-0.15, -0.1) is 0 Å². The van der Waals surface area contributed by atoms with Gasteiger partial charge < -0.3 is 15.0 Å². The second kappa shape index (κ2) is 15.8. The first-order chi connectivity index (χ1) is 22.4. The number of ether oxygens (including phenoxy) is 1. The van der Waals surface area contributed by atoms with E-state index in [4.69, 9.17) is 4.74 Å². The molecule has 0 aliphatic heterocycles. The monoisotopic (exact) mass is 655 g/mol. The largest absolute Gasteiger partial charge is 0.497 e. The van der Waals surface area contributed by atoms with Crippen LogP contribution in [-0.2, 0) is 32.6 Å². The van der Waals surface area contributed by atoms with Crippen LogP contribution in [0.1, 0.15) is 41.7 Å². The Labute approximate surface area is 279 Å². The highest BCUT2D eigenvalue weighted by Crippen LogP contribution is 2.27. The average Bonchev–Trinajstić information content (AvgIpc) is 3.06. The first-order valence-corrected chi connectivity index (χ1v) is 17.2. The topological polar surface area (TPSA) is 96.0 Å². The number of hydrogen-bond donors (Lipinski definition) is 1. The number of aryl methyl sites for hydroxylation is 3. The summed E-state index contributed by atoms with van der Waals surface area (Å²) in [6.45, 7) is 9.73. The molecule has 0 heterocycles. The Kier molecular flexibility index (Phi) is 11.8. The van der Waals surface area contributed by atoms with Crippen LogP contribution in [0.25, 0.3) is 0 Å². The number of nitrogens with one attached hydrogen (secondary N) is 1. The highest BCUT2D eigenvalue weighted by atomic mass is 32.2. The van der Waals surface area contributed by atoms with E-state index in [2.05, 4.69) is 5.32 Å². The molecule has 47 heavy (non-hydrogen) atoms. The van der Waals surface area contributed by atoms with Crippen molar-refractivity contribution in [1.82, 2.24) is 10.2 Å². The fourth-order valence-corrected chi connectivity index (χ4v) is 6.60. The zero-order valence-electron chi connectivity index (χ0n) is 28.1. The lowest BCUT2D eigenvalue weighted by Gasteiger charge is -2.34. The molecule has 0 fully saturated rings. The van der Waals surface area contributed by atoms with Crippen molar-refractivity contribution in [2.24, 2.45) is 5.92 Å². The van der Waals surface area contributed by atoms with Crippen LogP contribution in [0.3, 0.4) is 0 Å². The molecule has 4 aromatic rings. The van der Waals surface area contributed by atoms with E-state index < -0.39 is 28.5 Å². The summed E-state index contributed by atoms with van der Waals surface area (Å²) in [6.07, 6.45) is 0.245. The van der Waals surface area contributed by atoms with Gasteiger partial charge in [0, 0.05) is 19.5 Å². The third-order valence-electron chi connectivity index (χ3n) is 8.11. The Morgan fingerprint density at radius 3 is 2.13 bits per heavy atom. The molecular formula is C38H45N3O5S. The van der Waals surface area contributed by atoms with Crippen LogP contribution in [-0.4, -0.2) is 51.4 Å². The molecule has 0 aromatic heterocycles. The molecule has 0 saturated carbocycles. The maximum absolute atomic E-state index is 14.7. The first kappa shape index (κ1) is 35.2. The van der Waals surface area contributed by atoms with Crippen LogP contribution in [0.5, 0.6) is 5.75 Å². The molecule has 1 atom stereocenters. The normalized spacial score (nSPS) is 12.0. The summed E-state index contributed by atoms with van der Waals surface area (Å²) in [6, 6.07) is 27.8. The maximum Gasteiger partial charge on any atom is 0.264 e. The van der Waals surface area contributed by atoms with Gasteiger partial charge >= 0.3 is 0 Å². The predicted octanol–water partition coefficient (Wildman–Crippen LogP) is 6.23. The number of anilines is 1. The van der Waals surface area contributed by atoms with E-state index in [1.54, 1.807) is 43.5 Å². The fourth-order valence-electron chi connectivity index (χ4n) is 5.19. The summed E-state index contributed by atoms with van der Waals surface area (Å²) in [5, 5.41) is 3.02. The number of hydrogen-bond acceptors (Lipinski definition) is 5. The van der Waals surface area contributed by atoms with Crippen LogP contribution in [0.4, 0.5) is 5.69 Å². The van der Waals surface area contributed by atoms with E-state index in [9.17, 15) is 18.0 Å². The summed E-state index contributed by atoms with van der Waals surface area (Å²) in [4.78, 5) is 30.2. The Morgan fingerprint density at radius 2 is 1.49 bits per heavy atom. The van der Waals surface area contributed by atoms with Gasteiger partial charge in [-0.3, -0.25) is 13.9 Å². The Bertz CT molecular complexity index is 1770. The number of amides is 2. The van der Waals surface area contributed by atoms with Crippen molar-refractivity contribution >= 4 is 27.5 Å². The number of carbonyl (C=O) groups excluding carboxylic acids is 2. The SMILES string of the molecule is COc1cccc(CN(C(=O)CN(c2ccc(C)c(C)c2)S(=O)(=O)c2ccc(C)cc2)[C@@H](Cc2ccccc2)C(=O)NCC(C)C)c1. The predicted molar refractivity (Wildman–Crippen MR) is 187 cm³/mol. The van der Waals surface area contributed by atoms with Crippen molar-refractivity contribution < 1.29 is 22.7 Å². The molecule has 2 amide bonds. The zero-order valence-corrected chi connectivity index (χ0v) is 28.9. The highest BCUT2D eigenvalue weighted by Gasteiger charge is 2.34. The minimum Gasteiger partial charge on any atom is -0.497 e. The van der Waals surface area contributed by atoms with E-state index in [1.165, 1.54) is 4.90 Å². The van der Waals surface area contributed by atoms with Gasteiger partial charge in [-0.05, 0) is 85.3 Å². The maximum atomic E-state index is 14.7. The van der Waals surface area contributed by atoms with Crippen LogP contribution < -0.4 is 14.4 Å². The van der Waals surface area contributed by atoms with Gasteiger partial charge in [-0.25, -0.2) is 8.42 Å². The molecule has 1 N–H and O–H groups in total. The Balaban J connectivity index is 1.82. The first-order valence-electron chi connectivity index (χ1n) is 15.8. The van der Waals surface area contributed by atoms with Gasteiger partial charge in [0.2, 0.25) is 11.8 Å². The number of methoxy groups -OCH3 is 1. The van der Waals surface area contributed by atoms with Crippen LogP contribution in [0.2, 0.25) is 0 Å². The van der Waals surface area contributed by atoms with Gasteiger partial charge in [0.25, 0.3) is 10.0 Å². The van der Waals surface area contributed by atoms with Crippen molar-refractivity contribution in [2.75, 3.05) is 24.5 Å².